The molecule has 0 aliphatic carbocycles. The van der Waals surface area contributed by atoms with E-state index in [-0.39, 0.29) is 57.2 Å². The number of nitro benzene ring substituents is 1. The van der Waals surface area contributed by atoms with Crippen LogP contribution in [0, 0.1) is 17.0 Å². The number of fused-ring (bicyclic) bond motifs is 1. The zero-order valence-electron chi connectivity index (χ0n) is 22.9. The molecule has 0 atom stereocenters. The number of thioether (sulfide) groups is 1. The van der Waals surface area contributed by atoms with Crippen molar-refractivity contribution in [1.82, 2.24) is 4.57 Å². The number of methoxy groups -OCH3 is 1. The minimum Gasteiger partial charge on any atom is -0.468 e. The van der Waals surface area contributed by atoms with Crippen LogP contribution in [0.2, 0.25) is 0 Å². The topological polar surface area (TPSA) is 185 Å². The van der Waals surface area contributed by atoms with E-state index in [1.807, 2.05) is 0 Å². The van der Waals surface area contributed by atoms with E-state index in [9.17, 15) is 34.1 Å². The highest BCUT2D eigenvalue weighted by molar-refractivity contribution is 8.00. The lowest BCUT2D eigenvalue weighted by Gasteiger charge is -2.07. The molecule has 2 amide bonds. The Labute approximate surface area is 250 Å². The zero-order chi connectivity index (χ0) is 31.0. The molecule has 0 fully saturated rings. The number of carbonyl (C=O) groups excluding carboxylic acids is 5. The monoisotopic (exact) mass is 638 g/mol. The second-order valence-corrected chi connectivity index (χ2v) is 11.2. The van der Waals surface area contributed by atoms with Crippen molar-refractivity contribution in [2.75, 3.05) is 37.1 Å². The summed E-state index contributed by atoms with van der Waals surface area (Å²) in [6.07, 6.45) is 0. The number of nitrogens with one attached hydrogen (secondary N) is 1. The van der Waals surface area contributed by atoms with Crippen molar-refractivity contribution in [2.24, 2.45) is 4.99 Å². The molecule has 0 saturated carbocycles. The van der Waals surface area contributed by atoms with E-state index in [2.05, 4.69) is 10.3 Å². The third-order valence-corrected chi connectivity index (χ3v) is 8.56. The molecule has 224 valence electrons. The number of hydrogen-bond acceptors (Lipinski definition) is 13. The SMILES string of the molecule is CCOC(=O)c1sc(NC(=O)CSCC(=O)N=c2sc3cc([N+](=O)[O-])ccc3n2CC(=O)OC)c(C(=O)OCC)c1C. The number of esters is 3. The van der Waals surface area contributed by atoms with Crippen molar-refractivity contribution >= 4 is 85.1 Å². The van der Waals surface area contributed by atoms with Crippen molar-refractivity contribution in [3.8, 4) is 0 Å². The number of carbonyl (C=O) groups is 5. The average molecular weight is 639 g/mol. The average Bonchev–Trinajstić information content (AvgIpc) is 3.44. The Kier molecular flexibility index (Phi) is 11.3. The van der Waals surface area contributed by atoms with Crippen molar-refractivity contribution in [3.05, 3.63) is 49.1 Å². The number of ether oxygens (including phenoxy) is 3. The lowest BCUT2D eigenvalue weighted by atomic mass is 10.1. The molecule has 0 saturated heterocycles. The number of anilines is 1. The quantitative estimate of drug-likeness (QED) is 0.133. The fourth-order valence-corrected chi connectivity index (χ4v) is 6.37. The molecule has 0 unspecified atom stereocenters. The maximum Gasteiger partial charge on any atom is 0.348 e. The molecule has 42 heavy (non-hydrogen) atoms. The molecule has 2 heterocycles. The van der Waals surface area contributed by atoms with Gasteiger partial charge < -0.3 is 24.1 Å². The summed E-state index contributed by atoms with van der Waals surface area (Å²) in [7, 11) is 1.21. The van der Waals surface area contributed by atoms with E-state index >= 15 is 0 Å². The minimum absolute atomic E-state index is 0.0505. The summed E-state index contributed by atoms with van der Waals surface area (Å²) in [6, 6.07) is 4.06. The van der Waals surface area contributed by atoms with Crippen LogP contribution in [0.4, 0.5) is 10.7 Å². The molecular formula is C25H26N4O10S3. The first-order valence-corrected chi connectivity index (χ1v) is 15.1. The third-order valence-electron chi connectivity index (χ3n) is 5.41. The van der Waals surface area contributed by atoms with Gasteiger partial charge in [-0.2, -0.15) is 4.99 Å². The van der Waals surface area contributed by atoms with Gasteiger partial charge in [0.25, 0.3) is 11.6 Å². The van der Waals surface area contributed by atoms with Gasteiger partial charge >= 0.3 is 17.9 Å². The highest BCUT2D eigenvalue weighted by atomic mass is 32.2. The first-order chi connectivity index (χ1) is 20.0. The van der Waals surface area contributed by atoms with E-state index in [4.69, 9.17) is 14.2 Å². The first-order valence-electron chi connectivity index (χ1n) is 12.3. The highest BCUT2D eigenvalue weighted by Crippen LogP contribution is 2.34. The van der Waals surface area contributed by atoms with E-state index in [1.165, 1.54) is 29.9 Å². The van der Waals surface area contributed by atoms with Crippen LogP contribution in [-0.4, -0.2) is 71.0 Å². The molecular weight excluding hydrogens is 612 g/mol. The molecule has 1 N–H and O–H groups in total. The predicted molar refractivity (Wildman–Crippen MR) is 156 cm³/mol. The highest BCUT2D eigenvalue weighted by Gasteiger charge is 2.27. The van der Waals surface area contributed by atoms with Crippen LogP contribution in [0.15, 0.2) is 23.2 Å². The summed E-state index contributed by atoms with van der Waals surface area (Å²) in [5.74, 6) is -3.48. The number of nitro groups is 1. The molecule has 17 heteroatoms. The summed E-state index contributed by atoms with van der Waals surface area (Å²) in [5, 5.41) is 13.9. The van der Waals surface area contributed by atoms with E-state index in [0.29, 0.717) is 15.8 Å². The van der Waals surface area contributed by atoms with Gasteiger partial charge in [0.05, 0.1) is 52.5 Å². The maximum atomic E-state index is 12.7. The van der Waals surface area contributed by atoms with Gasteiger partial charge in [-0.3, -0.25) is 24.5 Å². The van der Waals surface area contributed by atoms with Gasteiger partial charge in [0, 0.05) is 12.1 Å². The number of rotatable bonds is 12. The van der Waals surface area contributed by atoms with Crippen LogP contribution >= 0.6 is 34.4 Å². The molecule has 0 spiro atoms. The van der Waals surface area contributed by atoms with Crippen molar-refractivity contribution in [3.63, 3.8) is 0 Å². The molecule has 2 aromatic heterocycles. The lowest BCUT2D eigenvalue weighted by molar-refractivity contribution is -0.384. The predicted octanol–water partition coefficient (Wildman–Crippen LogP) is 3.31. The van der Waals surface area contributed by atoms with Gasteiger partial charge in [0.15, 0.2) is 4.80 Å². The van der Waals surface area contributed by atoms with Gasteiger partial charge in [0.1, 0.15) is 16.4 Å². The number of aromatic nitrogens is 1. The second kappa shape index (κ2) is 14.7. The standard InChI is InChI=1S/C25H26N4O10S3/c1-5-38-23(33)20-13(3)21(24(34)39-6-2)42-22(20)26-17(30)11-40-12-18(31)27-25-28(10-19(32)37-4)15-8-7-14(29(35)36)9-16(15)41-25/h7-9H,5-6,10-12H2,1-4H3,(H,26,30). The van der Waals surface area contributed by atoms with E-state index in [1.54, 1.807) is 20.8 Å². The summed E-state index contributed by atoms with van der Waals surface area (Å²) >= 11 is 2.83. The van der Waals surface area contributed by atoms with Gasteiger partial charge in [-0.05, 0) is 32.4 Å². The van der Waals surface area contributed by atoms with Crippen LogP contribution in [0.5, 0.6) is 0 Å². The third kappa shape index (κ3) is 7.80. The van der Waals surface area contributed by atoms with Crippen LogP contribution in [0.25, 0.3) is 10.2 Å². The van der Waals surface area contributed by atoms with Gasteiger partial charge in [-0.15, -0.1) is 23.1 Å². The second-order valence-electron chi connectivity index (χ2n) is 8.20. The maximum absolute atomic E-state index is 12.7. The van der Waals surface area contributed by atoms with E-state index in [0.717, 1.165) is 34.4 Å². The largest absolute Gasteiger partial charge is 0.468 e. The molecule has 3 rings (SSSR count). The van der Waals surface area contributed by atoms with Gasteiger partial charge in [-0.25, -0.2) is 9.59 Å². The van der Waals surface area contributed by atoms with Crippen LogP contribution < -0.4 is 10.1 Å². The van der Waals surface area contributed by atoms with Crippen LogP contribution in [0.1, 0.15) is 39.4 Å². The smallest absolute Gasteiger partial charge is 0.348 e. The molecule has 1 aromatic carbocycles. The summed E-state index contributed by atoms with van der Waals surface area (Å²) in [4.78, 5) is 77.0. The van der Waals surface area contributed by atoms with Gasteiger partial charge in [-0.1, -0.05) is 11.3 Å². The Morgan fingerprint density at radius 3 is 2.40 bits per heavy atom. The Morgan fingerprint density at radius 1 is 1.07 bits per heavy atom. The Bertz CT molecular complexity index is 1620. The molecule has 0 aliphatic heterocycles. The fraction of sp³-hybridized carbons (Fsp3) is 0.360. The number of hydrogen-bond donors (Lipinski definition) is 1. The molecule has 0 aliphatic rings. The Morgan fingerprint density at radius 2 is 1.76 bits per heavy atom. The molecule has 0 bridgehead atoms. The Hall–Kier alpha value is -4.09. The number of thiazole rings is 1. The van der Waals surface area contributed by atoms with Crippen LogP contribution in [-0.2, 0) is 35.1 Å². The normalized spacial score (nSPS) is 11.3. The van der Waals surface area contributed by atoms with Crippen molar-refractivity contribution in [2.45, 2.75) is 27.3 Å². The zero-order valence-corrected chi connectivity index (χ0v) is 25.4. The van der Waals surface area contributed by atoms with E-state index < -0.39 is 34.6 Å². The van der Waals surface area contributed by atoms with Crippen molar-refractivity contribution < 1.29 is 43.1 Å². The number of non-ortho nitro benzene ring substituents is 1. The summed E-state index contributed by atoms with van der Waals surface area (Å²) in [5.41, 5.74) is 0.674. The molecule has 0 radical (unpaired) electrons. The number of nitrogens with zero attached hydrogens (tertiary/aromatic N) is 3. The molecule has 3 aromatic rings. The summed E-state index contributed by atoms with van der Waals surface area (Å²) < 4.78 is 16.7. The first kappa shape index (κ1) is 32.4. The number of benzene rings is 1. The van der Waals surface area contributed by atoms with Gasteiger partial charge in [0.2, 0.25) is 5.91 Å². The lowest BCUT2D eigenvalue weighted by Crippen LogP contribution is -2.23. The summed E-state index contributed by atoms with van der Waals surface area (Å²) in [6.45, 7) is 4.78. The molecule has 14 nitrogen and oxygen atoms in total. The number of thiophene rings is 1. The minimum atomic E-state index is -0.701. The van der Waals surface area contributed by atoms with Crippen molar-refractivity contribution in [1.29, 1.82) is 0 Å². The Balaban J connectivity index is 1.75. The fourth-order valence-electron chi connectivity index (χ4n) is 3.58. The number of amides is 2. The van der Waals surface area contributed by atoms with Crippen LogP contribution in [0.3, 0.4) is 0 Å².